The van der Waals surface area contributed by atoms with Gasteiger partial charge in [0.15, 0.2) is 21.5 Å². The van der Waals surface area contributed by atoms with E-state index in [1.54, 1.807) is 43.5 Å². The van der Waals surface area contributed by atoms with Gasteiger partial charge in [0.25, 0.3) is 0 Å². The van der Waals surface area contributed by atoms with Crippen molar-refractivity contribution in [1.82, 2.24) is 15.2 Å². The molecule has 0 radical (unpaired) electrons. The monoisotopic (exact) mass is 587 g/mol. The van der Waals surface area contributed by atoms with Gasteiger partial charge in [-0.3, -0.25) is 9.69 Å². The first kappa shape index (κ1) is 31.1. The van der Waals surface area contributed by atoms with E-state index in [9.17, 15) is 18.3 Å². The second-order valence-electron chi connectivity index (χ2n) is 10.5. The van der Waals surface area contributed by atoms with Gasteiger partial charge in [0.1, 0.15) is 11.6 Å². The van der Waals surface area contributed by atoms with E-state index in [-0.39, 0.29) is 23.4 Å². The number of hydrogen-bond acceptors (Lipinski definition) is 9. The van der Waals surface area contributed by atoms with E-state index in [0.717, 1.165) is 0 Å². The van der Waals surface area contributed by atoms with Crippen molar-refractivity contribution in [3.05, 3.63) is 66.1 Å². The van der Waals surface area contributed by atoms with Crippen molar-refractivity contribution >= 4 is 26.8 Å². The van der Waals surface area contributed by atoms with Crippen LogP contribution in [0.1, 0.15) is 50.2 Å². The summed E-state index contributed by atoms with van der Waals surface area (Å²) in [7, 11) is -2.11. The number of aliphatic hydroxyl groups excluding tert-OH is 1. The fourth-order valence-corrected chi connectivity index (χ4v) is 6.99. The van der Waals surface area contributed by atoms with Crippen LogP contribution in [0.4, 0.5) is 0 Å². The highest BCUT2D eigenvalue weighted by atomic mass is 32.2. The maximum absolute atomic E-state index is 14.1. The molecule has 3 aromatic rings. The molecule has 2 heterocycles. The zero-order valence-corrected chi connectivity index (χ0v) is 24.6. The Morgan fingerprint density at radius 3 is 2.54 bits per heavy atom. The molecule has 224 valence electrons. The number of sulfone groups is 1. The highest BCUT2D eigenvalue weighted by Gasteiger charge is 2.38. The van der Waals surface area contributed by atoms with Gasteiger partial charge in [-0.25, -0.2) is 13.4 Å². The van der Waals surface area contributed by atoms with Crippen LogP contribution in [-0.2, 0) is 29.9 Å². The van der Waals surface area contributed by atoms with Gasteiger partial charge in [0, 0.05) is 32.9 Å². The Morgan fingerprint density at radius 1 is 1.15 bits per heavy atom. The molecule has 3 atom stereocenters. The Bertz CT molecular complexity index is 1310. The van der Waals surface area contributed by atoms with Crippen molar-refractivity contribution in [3.8, 4) is 0 Å². The number of aromatic nitrogens is 1. The third-order valence-corrected chi connectivity index (χ3v) is 9.03. The molecule has 1 aromatic heterocycles. The number of benzene rings is 2. The Kier molecular flexibility index (Phi) is 11.3. The summed E-state index contributed by atoms with van der Waals surface area (Å²) in [6.45, 7) is 3.74. The molecule has 0 aliphatic carbocycles. The summed E-state index contributed by atoms with van der Waals surface area (Å²) < 4.78 is 43.7. The molecule has 0 saturated carbocycles. The number of nitrogens with zero attached hydrogens (tertiary/aromatic N) is 2. The summed E-state index contributed by atoms with van der Waals surface area (Å²) in [5.41, 5.74) is 1.81. The van der Waals surface area contributed by atoms with Gasteiger partial charge in [-0.2, -0.15) is 0 Å². The second-order valence-corrected chi connectivity index (χ2v) is 12.6. The lowest BCUT2D eigenvalue weighted by Gasteiger charge is -2.39. The topological polar surface area (TPSA) is 131 Å². The molecule has 11 heteroatoms. The van der Waals surface area contributed by atoms with Crippen LogP contribution in [0, 0.1) is 0 Å². The van der Waals surface area contributed by atoms with Crippen LogP contribution < -0.4 is 5.32 Å². The molecule has 2 aromatic carbocycles. The molecule has 2 unspecified atom stereocenters. The Morgan fingerprint density at radius 2 is 1.85 bits per heavy atom. The zero-order valence-electron chi connectivity index (χ0n) is 23.8. The lowest BCUT2D eigenvalue weighted by Crippen LogP contribution is -2.58. The van der Waals surface area contributed by atoms with Gasteiger partial charge < -0.3 is 24.3 Å². The van der Waals surface area contributed by atoms with Crippen molar-refractivity contribution in [3.63, 3.8) is 0 Å². The van der Waals surface area contributed by atoms with Gasteiger partial charge in [0.05, 0.1) is 24.2 Å². The highest BCUT2D eigenvalue weighted by Crippen LogP contribution is 2.25. The van der Waals surface area contributed by atoms with Crippen molar-refractivity contribution in [2.45, 2.75) is 62.6 Å². The maximum Gasteiger partial charge on any atom is 0.238 e. The van der Waals surface area contributed by atoms with E-state index in [2.05, 4.69) is 10.3 Å². The van der Waals surface area contributed by atoms with Crippen LogP contribution in [0.3, 0.4) is 0 Å². The van der Waals surface area contributed by atoms with Crippen LogP contribution in [-0.4, -0.2) is 86.7 Å². The maximum atomic E-state index is 14.1. The lowest BCUT2D eigenvalue weighted by molar-refractivity contribution is -0.129. The molecule has 0 bridgehead atoms. The van der Waals surface area contributed by atoms with Crippen LogP contribution in [0.5, 0.6) is 0 Å². The molecule has 1 fully saturated rings. The second kappa shape index (κ2) is 14.9. The first-order valence-electron chi connectivity index (χ1n) is 14.2. The third-order valence-electron chi connectivity index (χ3n) is 7.43. The number of carbonyl (C=O) groups excluding carboxylic acids is 1. The summed E-state index contributed by atoms with van der Waals surface area (Å²) in [6, 6.07) is 14.4. The molecule has 2 N–H and O–H groups in total. The van der Waals surface area contributed by atoms with Gasteiger partial charge in [-0.05, 0) is 37.0 Å². The minimum atomic E-state index is -3.69. The van der Waals surface area contributed by atoms with Crippen LogP contribution in [0.2, 0.25) is 0 Å². The first-order chi connectivity index (χ1) is 19.8. The SMILES string of the molecule is CCCC(NC(=O)[C@H](CS(=O)(=O)Cc1ccccc1)N(CCOC)C1CCOCC1)C(O)c1nc2ccccc2o1. The molecule has 10 nitrogen and oxygen atoms in total. The number of nitrogens with one attached hydrogen (secondary N) is 1. The summed E-state index contributed by atoms with van der Waals surface area (Å²) in [5, 5.41) is 14.2. The molecule has 1 aliphatic heterocycles. The van der Waals surface area contributed by atoms with Crippen molar-refractivity contribution in [2.75, 3.05) is 39.2 Å². The summed E-state index contributed by atoms with van der Waals surface area (Å²) in [6.07, 6.45) is 1.27. The Labute approximate surface area is 242 Å². The normalized spacial score (nSPS) is 17.0. The fourth-order valence-electron chi connectivity index (χ4n) is 5.34. The first-order valence-corrected chi connectivity index (χ1v) is 16.0. The van der Waals surface area contributed by atoms with Crippen LogP contribution in [0.15, 0.2) is 59.0 Å². The molecular formula is C30H41N3O7S. The fraction of sp³-hybridized carbons (Fsp3) is 0.533. The molecule has 1 aliphatic rings. The zero-order chi connectivity index (χ0) is 29.2. The van der Waals surface area contributed by atoms with E-state index >= 15 is 0 Å². The number of ether oxygens (including phenoxy) is 2. The predicted molar refractivity (Wildman–Crippen MR) is 156 cm³/mol. The average Bonchev–Trinajstić information content (AvgIpc) is 3.41. The number of aliphatic hydroxyl groups is 1. The number of amides is 1. The van der Waals surface area contributed by atoms with Gasteiger partial charge >= 0.3 is 0 Å². The molecule has 1 amide bonds. The average molecular weight is 588 g/mol. The van der Waals surface area contributed by atoms with Gasteiger partial charge in [-0.15, -0.1) is 0 Å². The van der Waals surface area contributed by atoms with E-state index in [1.807, 2.05) is 30.0 Å². The minimum absolute atomic E-state index is 0.0480. The number of methoxy groups -OCH3 is 1. The molecule has 4 rings (SSSR count). The number of carbonyl (C=O) groups is 1. The van der Waals surface area contributed by atoms with Crippen molar-refractivity contribution in [1.29, 1.82) is 0 Å². The lowest BCUT2D eigenvalue weighted by atomic mass is 10.0. The summed E-state index contributed by atoms with van der Waals surface area (Å²) in [5.74, 6) is -0.892. The number of fused-ring (bicyclic) bond motifs is 1. The third kappa shape index (κ3) is 8.59. The molecular weight excluding hydrogens is 546 g/mol. The Hall–Kier alpha value is -2.83. The summed E-state index contributed by atoms with van der Waals surface area (Å²) in [4.78, 5) is 20.4. The number of hydrogen-bond donors (Lipinski definition) is 2. The quantitative estimate of drug-likeness (QED) is 0.275. The smallest absolute Gasteiger partial charge is 0.238 e. The largest absolute Gasteiger partial charge is 0.438 e. The standard InChI is InChI=1S/C30H41N3O7S/c1-3-9-25(28(34)30-32-24-12-7-8-13-27(24)40-30)31-29(35)26(21-41(36,37)20-22-10-5-4-6-11-22)33(16-19-38-2)23-14-17-39-18-15-23/h4-8,10-13,23,25-26,28,34H,3,9,14-21H2,1-2H3,(H,31,35)/t25?,26-,28?/m0/s1. The van der Waals surface area contributed by atoms with Crippen LogP contribution >= 0.6 is 0 Å². The van der Waals surface area contributed by atoms with E-state index < -0.39 is 33.9 Å². The van der Waals surface area contributed by atoms with Crippen LogP contribution in [0.25, 0.3) is 11.1 Å². The van der Waals surface area contributed by atoms with E-state index in [1.165, 1.54) is 0 Å². The minimum Gasteiger partial charge on any atom is -0.438 e. The number of oxazole rings is 1. The van der Waals surface area contributed by atoms with E-state index in [0.29, 0.717) is 68.7 Å². The number of para-hydroxylation sites is 2. The molecule has 1 saturated heterocycles. The van der Waals surface area contributed by atoms with Crippen molar-refractivity contribution < 1.29 is 32.2 Å². The van der Waals surface area contributed by atoms with Crippen molar-refractivity contribution in [2.24, 2.45) is 0 Å². The van der Waals surface area contributed by atoms with E-state index in [4.69, 9.17) is 13.9 Å². The molecule has 41 heavy (non-hydrogen) atoms. The predicted octanol–water partition coefficient (Wildman–Crippen LogP) is 3.26. The molecule has 0 spiro atoms. The van der Waals surface area contributed by atoms with Gasteiger partial charge in [0.2, 0.25) is 11.8 Å². The van der Waals surface area contributed by atoms with Gasteiger partial charge in [-0.1, -0.05) is 55.8 Å². The Balaban J connectivity index is 1.61. The number of rotatable bonds is 15. The summed E-state index contributed by atoms with van der Waals surface area (Å²) >= 11 is 0. The highest BCUT2D eigenvalue weighted by molar-refractivity contribution is 7.90.